The highest BCUT2D eigenvalue weighted by Gasteiger charge is 2.21. The van der Waals surface area contributed by atoms with Crippen molar-refractivity contribution in [3.05, 3.63) is 16.3 Å². The molecule has 1 aliphatic heterocycles. The highest BCUT2D eigenvalue weighted by molar-refractivity contribution is 5.54. The fourth-order valence-corrected chi connectivity index (χ4v) is 2.16. The van der Waals surface area contributed by atoms with Gasteiger partial charge in [0.05, 0.1) is 18.1 Å². The van der Waals surface area contributed by atoms with Crippen LogP contribution in [0.15, 0.2) is 6.20 Å². The maximum atomic E-state index is 10.9. The molecule has 0 radical (unpaired) electrons. The van der Waals surface area contributed by atoms with E-state index in [-0.39, 0.29) is 11.7 Å². The molecule has 1 aliphatic rings. The fourth-order valence-electron chi connectivity index (χ4n) is 2.16. The first-order chi connectivity index (χ1) is 9.06. The maximum Gasteiger partial charge on any atom is 0.330 e. The van der Waals surface area contributed by atoms with Crippen molar-refractivity contribution in [1.29, 1.82) is 0 Å². The van der Waals surface area contributed by atoms with E-state index in [0.717, 1.165) is 32.8 Å². The van der Waals surface area contributed by atoms with E-state index in [2.05, 4.69) is 15.3 Å². The minimum atomic E-state index is -0.420. The van der Waals surface area contributed by atoms with E-state index in [9.17, 15) is 10.1 Å². The van der Waals surface area contributed by atoms with Crippen molar-refractivity contribution in [1.82, 2.24) is 14.7 Å². The summed E-state index contributed by atoms with van der Waals surface area (Å²) in [7, 11) is 1.67. The first-order valence-electron chi connectivity index (χ1n) is 6.31. The second-order valence-electron chi connectivity index (χ2n) is 4.75. The summed E-state index contributed by atoms with van der Waals surface area (Å²) in [5.74, 6) is 0.327. The lowest BCUT2D eigenvalue weighted by Crippen LogP contribution is -2.42. The number of ether oxygens (including phenoxy) is 1. The van der Waals surface area contributed by atoms with Crippen LogP contribution in [0.1, 0.15) is 6.92 Å². The van der Waals surface area contributed by atoms with Gasteiger partial charge in [-0.2, -0.15) is 0 Å². The van der Waals surface area contributed by atoms with E-state index in [4.69, 9.17) is 4.74 Å². The van der Waals surface area contributed by atoms with Crippen LogP contribution in [0.2, 0.25) is 0 Å². The van der Waals surface area contributed by atoms with Crippen LogP contribution in [0.25, 0.3) is 0 Å². The predicted octanol–water partition coefficient (Wildman–Crippen LogP) is 0.461. The van der Waals surface area contributed by atoms with Crippen molar-refractivity contribution in [2.75, 3.05) is 38.2 Å². The lowest BCUT2D eigenvalue weighted by molar-refractivity contribution is -0.384. The number of hydrogen-bond donors (Lipinski definition) is 1. The topological polar surface area (TPSA) is 85.5 Å². The molecule has 2 rings (SSSR count). The Labute approximate surface area is 111 Å². The molecule has 0 bridgehead atoms. The first-order valence-corrected chi connectivity index (χ1v) is 6.31. The number of nitrogens with zero attached hydrogens (tertiary/aromatic N) is 4. The third-order valence-electron chi connectivity index (χ3n) is 3.03. The number of anilines is 1. The van der Waals surface area contributed by atoms with E-state index in [1.807, 2.05) is 6.92 Å². The molecular formula is C11H19N5O3. The van der Waals surface area contributed by atoms with Crippen molar-refractivity contribution >= 4 is 11.5 Å². The van der Waals surface area contributed by atoms with Gasteiger partial charge in [-0.25, -0.2) is 0 Å². The molecule has 0 spiro atoms. The summed E-state index contributed by atoms with van der Waals surface area (Å²) < 4.78 is 6.73. The lowest BCUT2D eigenvalue weighted by atomic mass is 10.3. The van der Waals surface area contributed by atoms with Gasteiger partial charge >= 0.3 is 5.69 Å². The standard InChI is InChI=1S/C11H19N5O3/c1-9(7-15-3-5-19-6-4-15)12-11-10(16(17)18)8-14(2)13-11/h8-9H,3-7H2,1-2H3,(H,12,13). The van der Waals surface area contributed by atoms with Gasteiger partial charge in [0.25, 0.3) is 0 Å². The van der Waals surface area contributed by atoms with Gasteiger partial charge in [-0.3, -0.25) is 19.7 Å². The zero-order valence-electron chi connectivity index (χ0n) is 11.2. The summed E-state index contributed by atoms with van der Waals surface area (Å²) in [4.78, 5) is 12.7. The van der Waals surface area contributed by atoms with Gasteiger partial charge in [0.2, 0.25) is 5.82 Å². The summed E-state index contributed by atoms with van der Waals surface area (Å²) in [6.45, 7) is 6.10. The Morgan fingerprint density at radius 2 is 2.26 bits per heavy atom. The van der Waals surface area contributed by atoms with Crippen LogP contribution in [0.5, 0.6) is 0 Å². The second kappa shape index (κ2) is 5.98. The third kappa shape index (κ3) is 3.65. The number of morpholine rings is 1. The van der Waals surface area contributed by atoms with Gasteiger partial charge in [-0.1, -0.05) is 0 Å². The zero-order valence-corrected chi connectivity index (χ0v) is 11.2. The van der Waals surface area contributed by atoms with E-state index < -0.39 is 4.92 Å². The van der Waals surface area contributed by atoms with Crippen LogP contribution in [-0.2, 0) is 11.8 Å². The van der Waals surface area contributed by atoms with Crippen LogP contribution < -0.4 is 5.32 Å². The van der Waals surface area contributed by atoms with Crippen molar-refractivity contribution in [3.63, 3.8) is 0 Å². The molecular weight excluding hydrogens is 250 g/mol. The van der Waals surface area contributed by atoms with Crippen molar-refractivity contribution in [2.45, 2.75) is 13.0 Å². The quantitative estimate of drug-likeness (QED) is 0.617. The van der Waals surface area contributed by atoms with Gasteiger partial charge in [-0.15, -0.1) is 5.10 Å². The second-order valence-corrected chi connectivity index (χ2v) is 4.75. The van der Waals surface area contributed by atoms with Crippen molar-refractivity contribution in [3.8, 4) is 0 Å². The molecule has 1 fully saturated rings. The minimum absolute atomic E-state index is 0.0105. The molecule has 1 aromatic heterocycles. The van der Waals surface area contributed by atoms with Crippen LogP contribution in [0.3, 0.4) is 0 Å². The number of rotatable bonds is 5. The maximum absolute atomic E-state index is 10.9. The Kier molecular flexibility index (Phi) is 4.33. The molecule has 0 amide bonds. The molecule has 19 heavy (non-hydrogen) atoms. The van der Waals surface area contributed by atoms with E-state index in [1.165, 1.54) is 10.9 Å². The molecule has 1 unspecified atom stereocenters. The molecule has 0 saturated carbocycles. The first kappa shape index (κ1) is 13.8. The average molecular weight is 269 g/mol. The van der Waals surface area contributed by atoms with Crippen molar-refractivity contribution in [2.24, 2.45) is 7.05 Å². The Morgan fingerprint density at radius 3 is 2.89 bits per heavy atom. The largest absolute Gasteiger partial charge is 0.379 e. The Morgan fingerprint density at radius 1 is 1.58 bits per heavy atom. The zero-order chi connectivity index (χ0) is 13.8. The number of nitro groups is 1. The van der Waals surface area contributed by atoms with Gasteiger partial charge in [0.15, 0.2) is 0 Å². The summed E-state index contributed by atoms with van der Waals surface area (Å²) in [5, 5.41) is 18.1. The van der Waals surface area contributed by atoms with Crippen LogP contribution in [-0.4, -0.2) is 58.5 Å². The third-order valence-corrected chi connectivity index (χ3v) is 3.03. The van der Waals surface area contributed by atoms with Gasteiger partial charge in [0.1, 0.15) is 6.20 Å². The molecule has 8 nitrogen and oxygen atoms in total. The molecule has 1 atom stereocenters. The number of aromatic nitrogens is 2. The molecule has 8 heteroatoms. The average Bonchev–Trinajstić information content (AvgIpc) is 2.71. The molecule has 2 heterocycles. The smallest absolute Gasteiger partial charge is 0.330 e. The predicted molar refractivity (Wildman–Crippen MR) is 70.2 cm³/mol. The van der Waals surface area contributed by atoms with Crippen LogP contribution in [0, 0.1) is 10.1 Å². The van der Waals surface area contributed by atoms with Gasteiger partial charge in [0, 0.05) is 32.7 Å². The highest BCUT2D eigenvalue weighted by atomic mass is 16.6. The lowest BCUT2D eigenvalue weighted by Gasteiger charge is -2.29. The Balaban J connectivity index is 1.94. The number of hydrogen-bond acceptors (Lipinski definition) is 6. The van der Waals surface area contributed by atoms with Crippen molar-refractivity contribution < 1.29 is 9.66 Å². The summed E-state index contributed by atoms with van der Waals surface area (Å²) in [6.07, 6.45) is 1.41. The van der Waals surface area contributed by atoms with Crippen LogP contribution >= 0.6 is 0 Å². The summed E-state index contributed by atoms with van der Waals surface area (Å²) in [6, 6.07) is 0.0895. The number of nitrogens with one attached hydrogen (secondary N) is 1. The molecule has 1 N–H and O–H groups in total. The Hall–Kier alpha value is -1.67. The summed E-state index contributed by atoms with van der Waals surface area (Å²) in [5.41, 5.74) is 0.0105. The summed E-state index contributed by atoms with van der Waals surface area (Å²) >= 11 is 0. The van der Waals surface area contributed by atoms with Gasteiger partial charge < -0.3 is 10.1 Å². The Bertz CT molecular complexity index is 442. The SMILES string of the molecule is CC(CN1CCOCC1)Nc1nn(C)cc1[N+](=O)[O-]. The van der Waals surface area contributed by atoms with Gasteiger partial charge in [-0.05, 0) is 6.92 Å². The minimum Gasteiger partial charge on any atom is -0.379 e. The van der Waals surface area contributed by atoms with E-state index in [0.29, 0.717) is 5.82 Å². The normalized spacial score (nSPS) is 18.2. The number of aryl methyl sites for hydroxylation is 1. The fraction of sp³-hybridized carbons (Fsp3) is 0.727. The molecule has 1 aromatic rings. The van der Waals surface area contributed by atoms with E-state index >= 15 is 0 Å². The van der Waals surface area contributed by atoms with E-state index in [1.54, 1.807) is 7.05 Å². The molecule has 1 saturated heterocycles. The highest BCUT2D eigenvalue weighted by Crippen LogP contribution is 2.22. The van der Waals surface area contributed by atoms with Crippen LogP contribution in [0.4, 0.5) is 11.5 Å². The monoisotopic (exact) mass is 269 g/mol. The molecule has 0 aliphatic carbocycles. The molecule has 0 aromatic carbocycles. The molecule has 106 valence electrons.